The first-order valence-corrected chi connectivity index (χ1v) is 8.66. The van der Waals surface area contributed by atoms with Crippen LogP contribution in [0.2, 0.25) is 0 Å². The molecule has 1 aliphatic heterocycles. The van der Waals surface area contributed by atoms with Crippen molar-refractivity contribution in [2.45, 2.75) is 23.5 Å². The van der Waals surface area contributed by atoms with Crippen LogP contribution in [0.4, 0.5) is 0 Å². The van der Waals surface area contributed by atoms with Crippen LogP contribution in [0.25, 0.3) is 22.4 Å². The zero-order valence-corrected chi connectivity index (χ0v) is 13.2. The summed E-state index contributed by atoms with van der Waals surface area (Å²) in [6.07, 6.45) is 1.91. The highest BCUT2D eigenvalue weighted by Crippen LogP contribution is 2.53. The van der Waals surface area contributed by atoms with E-state index < -0.39 is 0 Å². The Kier molecular flexibility index (Phi) is 2.53. The van der Waals surface area contributed by atoms with E-state index in [0.29, 0.717) is 5.92 Å². The Bertz CT molecular complexity index is 913. The zero-order chi connectivity index (χ0) is 14.7. The molecule has 2 heterocycles. The molecule has 5 rings (SSSR count). The molecule has 2 aliphatic rings. The molecule has 2 heteroatoms. The Balaban J connectivity index is 1.87. The van der Waals surface area contributed by atoms with Gasteiger partial charge in [0, 0.05) is 33.9 Å². The van der Waals surface area contributed by atoms with E-state index in [-0.39, 0.29) is 0 Å². The number of aromatic nitrogens is 1. The molecule has 0 saturated carbocycles. The Morgan fingerprint density at radius 3 is 2.86 bits per heavy atom. The van der Waals surface area contributed by atoms with Crippen molar-refractivity contribution in [2.75, 3.05) is 0 Å². The molecule has 1 aliphatic carbocycles. The van der Waals surface area contributed by atoms with Gasteiger partial charge in [-0.15, -0.1) is 11.8 Å². The van der Waals surface area contributed by atoms with Crippen molar-refractivity contribution in [3.8, 4) is 22.4 Å². The van der Waals surface area contributed by atoms with Gasteiger partial charge >= 0.3 is 0 Å². The molecule has 0 saturated heterocycles. The molecule has 106 valence electrons. The number of pyridine rings is 1. The lowest BCUT2D eigenvalue weighted by Gasteiger charge is -2.23. The summed E-state index contributed by atoms with van der Waals surface area (Å²) < 4.78 is 0. The molecule has 3 aromatic rings. The van der Waals surface area contributed by atoms with Gasteiger partial charge in [-0.3, -0.25) is 4.98 Å². The van der Waals surface area contributed by atoms with Gasteiger partial charge in [-0.05, 0) is 34.4 Å². The zero-order valence-electron chi connectivity index (χ0n) is 12.3. The SMILES string of the molecule is CC1c2cccnc2-c2ccc3c(c21)-c1ccccc1CS3. The summed E-state index contributed by atoms with van der Waals surface area (Å²) in [5.74, 6) is 1.49. The predicted octanol–water partition coefficient (Wildman–Crippen LogP) is 5.49. The fourth-order valence-corrected chi connectivity index (χ4v) is 4.94. The summed E-state index contributed by atoms with van der Waals surface area (Å²) in [5, 5.41) is 0. The van der Waals surface area contributed by atoms with Gasteiger partial charge in [0.1, 0.15) is 0 Å². The number of hydrogen-bond donors (Lipinski definition) is 0. The van der Waals surface area contributed by atoms with E-state index in [9.17, 15) is 0 Å². The molecule has 0 fully saturated rings. The largest absolute Gasteiger partial charge is 0.256 e. The van der Waals surface area contributed by atoms with Crippen molar-refractivity contribution in [1.29, 1.82) is 0 Å². The first kappa shape index (κ1) is 12.5. The van der Waals surface area contributed by atoms with E-state index in [1.54, 1.807) is 0 Å². The molecular weight excluding hydrogens is 286 g/mol. The van der Waals surface area contributed by atoms with Gasteiger partial charge in [-0.25, -0.2) is 0 Å². The number of nitrogens with zero attached hydrogens (tertiary/aromatic N) is 1. The molecule has 0 amide bonds. The molecule has 0 spiro atoms. The lowest BCUT2D eigenvalue weighted by Crippen LogP contribution is -2.01. The summed E-state index contributed by atoms with van der Waals surface area (Å²) in [6, 6.07) is 17.7. The minimum atomic E-state index is 0.417. The highest BCUT2D eigenvalue weighted by atomic mass is 32.2. The molecule has 1 atom stereocenters. The first-order chi connectivity index (χ1) is 10.8. The van der Waals surface area contributed by atoms with Crippen molar-refractivity contribution in [2.24, 2.45) is 0 Å². The lowest BCUT2D eigenvalue weighted by molar-refractivity contribution is 0.948. The van der Waals surface area contributed by atoms with E-state index in [2.05, 4.69) is 60.4 Å². The Morgan fingerprint density at radius 2 is 1.91 bits per heavy atom. The number of hydrogen-bond acceptors (Lipinski definition) is 2. The second-order valence-corrected chi connectivity index (χ2v) is 7.03. The van der Waals surface area contributed by atoms with Crippen molar-refractivity contribution in [1.82, 2.24) is 4.98 Å². The third-order valence-corrected chi connectivity index (χ3v) is 5.98. The van der Waals surface area contributed by atoms with Crippen LogP contribution in [0, 0.1) is 0 Å². The number of benzene rings is 2. The molecule has 0 radical (unpaired) electrons. The van der Waals surface area contributed by atoms with E-state index in [0.717, 1.165) is 5.75 Å². The maximum Gasteiger partial charge on any atom is 0.0743 e. The highest BCUT2D eigenvalue weighted by molar-refractivity contribution is 7.98. The molecular formula is C20H15NS. The number of rotatable bonds is 0. The van der Waals surface area contributed by atoms with Gasteiger partial charge in [0.15, 0.2) is 0 Å². The Hall–Kier alpha value is -2.06. The van der Waals surface area contributed by atoms with Crippen molar-refractivity contribution < 1.29 is 0 Å². The molecule has 22 heavy (non-hydrogen) atoms. The topological polar surface area (TPSA) is 12.9 Å². The third kappa shape index (κ3) is 1.53. The minimum Gasteiger partial charge on any atom is -0.256 e. The van der Waals surface area contributed by atoms with E-state index in [1.807, 2.05) is 18.0 Å². The van der Waals surface area contributed by atoms with Gasteiger partial charge in [-0.1, -0.05) is 43.3 Å². The predicted molar refractivity (Wildman–Crippen MR) is 92.2 cm³/mol. The van der Waals surface area contributed by atoms with Crippen LogP contribution >= 0.6 is 11.8 Å². The Morgan fingerprint density at radius 1 is 1.00 bits per heavy atom. The summed E-state index contributed by atoms with van der Waals surface area (Å²) in [7, 11) is 0. The van der Waals surface area contributed by atoms with E-state index >= 15 is 0 Å². The van der Waals surface area contributed by atoms with E-state index in [1.165, 1.54) is 44.0 Å². The molecule has 0 N–H and O–H groups in total. The summed E-state index contributed by atoms with van der Waals surface area (Å²) in [5.41, 5.74) is 9.61. The van der Waals surface area contributed by atoms with Gasteiger partial charge < -0.3 is 0 Å². The average Bonchev–Trinajstić information content (AvgIpc) is 2.88. The number of fused-ring (bicyclic) bond motifs is 7. The standard InChI is InChI=1S/C20H15NS/c1-12-14-7-4-10-21-20(14)16-8-9-17-19(18(12)16)15-6-3-2-5-13(15)11-22-17/h2-10,12H,11H2,1H3. The molecule has 1 aromatic heterocycles. The molecule has 1 nitrogen and oxygen atoms in total. The smallest absolute Gasteiger partial charge is 0.0743 e. The van der Waals surface area contributed by atoms with Gasteiger partial charge in [0.2, 0.25) is 0 Å². The van der Waals surface area contributed by atoms with Gasteiger partial charge in [-0.2, -0.15) is 0 Å². The van der Waals surface area contributed by atoms with Crippen LogP contribution in [-0.2, 0) is 5.75 Å². The monoisotopic (exact) mass is 301 g/mol. The van der Waals surface area contributed by atoms with Crippen molar-refractivity contribution in [3.63, 3.8) is 0 Å². The van der Waals surface area contributed by atoms with Crippen molar-refractivity contribution >= 4 is 11.8 Å². The van der Waals surface area contributed by atoms with E-state index in [4.69, 9.17) is 0 Å². The van der Waals surface area contributed by atoms with Crippen LogP contribution in [0.3, 0.4) is 0 Å². The minimum absolute atomic E-state index is 0.417. The van der Waals surface area contributed by atoms with Crippen LogP contribution in [-0.4, -0.2) is 4.98 Å². The van der Waals surface area contributed by atoms with Crippen LogP contribution in [0.1, 0.15) is 29.5 Å². The average molecular weight is 301 g/mol. The fraction of sp³-hybridized carbons (Fsp3) is 0.150. The summed E-state index contributed by atoms with van der Waals surface area (Å²) >= 11 is 1.96. The van der Waals surface area contributed by atoms with Crippen LogP contribution in [0.5, 0.6) is 0 Å². The molecule has 1 unspecified atom stereocenters. The van der Waals surface area contributed by atoms with Gasteiger partial charge in [0.25, 0.3) is 0 Å². The molecule has 0 bridgehead atoms. The maximum absolute atomic E-state index is 4.65. The summed E-state index contributed by atoms with van der Waals surface area (Å²) in [4.78, 5) is 6.06. The first-order valence-electron chi connectivity index (χ1n) is 7.68. The second-order valence-electron chi connectivity index (χ2n) is 6.01. The van der Waals surface area contributed by atoms with Gasteiger partial charge in [0.05, 0.1) is 5.69 Å². The van der Waals surface area contributed by atoms with Crippen LogP contribution < -0.4 is 0 Å². The number of thioether (sulfide) groups is 1. The normalized spacial score (nSPS) is 17.4. The van der Waals surface area contributed by atoms with Crippen LogP contribution in [0.15, 0.2) is 59.6 Å². The Labute approximate surface area is 134 Å². The third-order valence-electron chi connectivity index (χ3n) is 4.87. The summed E-state index contributed by atoms with van der Waals surface area (Å²) in [6.45, 7) is 2.31. The highest BCUT2D eigenvalue weighted by Gasteiger charge is 2.32. The fourth-order valence-electron chi connectivity index (χ4n) is 3.85. The quantitative estimate of drug-likeness (QED) is 0.545. The molecule has 2 aromatic carbocycles. The second kappa shape index (κ2) is 4.47. The lowest BCUT2D eigenvalue weighted by atomic mass is 9.88. The van der Waals surface area contributed by atoms with Crippen molar-refractivity contribution in [3.05, 3.63) is 71.4 Å². The maximum atomic E-state index is 4.65.